The lowest BCUT2D eigenvalue weighted by molar-refractivity contribution is 0.102. The predicted octanol–water partition coefficient (Wildman–Crippen LogP) is 3.54. The van der Waals surface area contributed by atoms with Gasteiger partial charge in [-0.25, -0.2) is 9.50 Å². The highest BCUT2D eigenvalue weighted by Gasteiger charge is 2.33. The number of carbonyl (C=O) groups is 1. The summed E-state index contributed by atoms with van der Waals surface area (Å²) in [5.74, 6) is 1.35. The molecule has 2 aliphatic heterocycles. The normalized spacial score (nSPS) is 20.0. The summed E-state index contributed by atoms with van der Waals surface area (Å²) < 4.78 is 7.76. The SMILES string of the molecule is CC1CCN(c2cc3c(cc2NC(=O)c2cnn4cccnc24)CC(C)(C)O3)C1. The molecule has 7 heteroatoms. The Bertz CT molecular complexity index is 1100. The van der Waals surface area contributed by atoms with Crippen molar-refractivity contribution in [2.45, 2.75) is 39.2 Å². The van der Waals surface area contributed by atoms with Gasteiger partial charge >= 0.3 is 0 Å². The molecule has 0 spiro atoms. The molecule has 150 valence electrons. The van der Waals surface area contributed by atoms with Crippen LogP contribution < -0.4 is 15.0 Å². The van der Waals surface area contributed by atoms with Crippen molar-refractivity contribution in [1.29, 1.82) is 0 Å². The standard InChI is InChI=1S/C22H25N5O2/c1-14-5-8-26(13-14)18-10-19-15(11-22(2,3)29-19)9-17(18)25-21(28)16-12-24-27-7-4-6-23-20(16)27/h4,6-7,9-10,12,14H,5,8,11,13H2,1-3H3,(H,25,28). The van der Waals surface area contributed by atoms with Crippen molar-refractivity contribution < 1.29 is 9.53 Å². The molecular weight excluding hydrogens is 366 g/mol. The van der Waals surface area contributed by atoms with E-state index in [1.807, 2.05) is 0 Å². The summed E-state index contributed by atoms with van der Waals surface area (Å²) in [5.41, 5.74) is 3.74. The molecule has 4 heterocycles. The van der Waals surface area contributed by atoms with Crippen molar-refractivity contribution in [2.75, 3.05) is 23.3 Å². The Morgan fingerprint density at radius 2 is 2.21 bits per heavy atom. The molecule has 7 nitrogen and oxygen atoms in total. The minimum atomic E-state index is -0.229. The van der Waals surface area contributed by atoms with Gasteiger partial charge in [0.2, 0.25) is 0 Å². The summed E-state index contributed by atoms with van der Waals surface area (Å²) in [6.07, 6.45) is 6.98. The fraction of sp³-hybridized carbons (Fsp3) is 0.409. The van der Waals surface area contributed by atoms with Gasteiger partial charge in [-0.2, -0.15) is 5.10 Å². The molecule has 3 aromatic rings. The van der Waals surface area contributed by atoms with Crippen LogP contribution in [0.5, 0.6) is 5.75 Å². The molecular formula is C22H25N5O2. The van der Waals surface area contributed by atoms with Crippen LogP contribution in [0.25, 0.3) is 5.65 Å². The summed E-state index contributed by atoms with van der Waals surface area (Å²) in [6.45, 7) is 8.39. The third-order valence-corrected chi connectivity index (χ3v) is 5.72. The van der Waals surface area contributed by atoms with Gasteiger partial charge in [-0.15, -0.1) is 0 Å². The van der Waals surface area contributed by atoms with Gasteiger partial charge in [0.05, 0.1) is 17.6 Å². The average molecular weight is 391 g/mol. The Labute approximate surface area is 169 Å². The zero-order valence-electron chi connectivity index (χ0n) is 17.0. The van der Waals surface area contributed by atoms with Crippen LogP contribution in [0.3, 0.4) is 0 Å². The van der Waals surface area contributed by atoms with Crippen molar-refractivity contribution in [3.8, 4) is 5.75 Å². The summed E-state index contributed by atoms with van der Waals surface area (Å²) in [5, 5.41) is 7.36. The van der Waals surface area contributed by atoms with Crippen LogP contribution in [-0.4, -0.2) is 39.2 Å². The van der Waals surface area contributed by atoms with Crippen LogP contribution in [0.1, 0.15) is 43.1 Å². The number of anilines is 2. The highest BCUT2D eigenvalue weighted by Crippen LogP contribution is 2.42. The molecule has 1 saturated heterocycles. The number of amides is 1. The number of fused-ring (bicyclic) bond motifs is 2. The number of carbonyl (C=O) groups excluding carboxylic acids is 1. The van der Waals surface area contributed by atoms with Crippen LogP contribution in [0.2, 0.25) is 0 Å². The zero-order chi connectivity index (χ0) is 20.2. The fourth-order valence-corrected chi connectivity index (χ4v) is 4.33. The monoisotopic (exact) mass is 391 g/mol. The van der Waals surface area contributed by atoms with E-state index in [4.69, 9.17) is 4.74 Å². The molecule has 1 amide bonds. The first-order valence-corrected chi connectivity index (χ1v) is 10.1. The van der Waals surface area contributed by atoms with E-state index >= 15 is 0 Å². The quantitative estimate of drug-likeness (QED) is 0.739. The van der Waals surface area contributed by atoms with E-state index in [0.717, 1.165) is 48.6 Å². The van der Waals surface area contributed by atoms with Crippen molar-refractivity contribution in [3.63, 3.8) is 0 Å². The Balaban J connectivity index is 1.52. The van der Waals surface area contributed by atoms with Crippen LogP contribution in [0, 0.1) is 5.92 Å². The van der Waals surface area contributed by atoms with E-state index in [2.05, 4.69) is 53.2 Å². The first kappa shape index (κ1) is 18.0. The maximum atomic E-state index is 13.1. The highest BCUT2D eigenvalue weighted by molar-refractivity contribution is 6.09. The smallest absolute Gasteiger partial charge is 0.261 e. The number of hydrogen-bond donors (Lipinski definition) is 1. The highest BCUT2D eigenvalue weighted by atomic mass is 16.5. The van der Waals surface area contributed by atoms with Gasteiger partial charge in [-0.05, 0) is 38.3 Å². The molecule has 1 N–H and O–H groups in total. The third-order valence-electron chi connectivity index (χ3n) is 5.72. The number of hydrogen-bond acceptors (Lipinski definition) is 5. The van der Waals surface area contributed by atoms with Gasteiger partial charge in [0.1, 0.15) is 16.9 Å². The Kier molecular flexibility index (Phi) is 4.01. The van der Waals surface area contributed by atoms with Gasteiger partial charge in [0, 0.05) is 43.5 Å². The second-order valence-electron chi connectivity index (χ2n) is 8.76. The van der Waals surface area contributed by atoms with Crippen LogP contribution in [0.15, 0.2) is 36.8 Å². The topological polar surface area (TPSA) is 71.8 Å². The molecule has 2 aliphatic rings. The van der Waals surface area contributed by atoms with Crippen molar-refractivity contribution in [3.05, 3.63) is 47.9 Å². The molecule has 1 unspecified atom stereocenters. The lowest BCUT2D eigenvalue weighted by Gasteiger charge is -2.23. The second kappa shape index (κ2) is 6.47. The fourth-order valence-electron chi connectivity index (χ4n) is 4.33. The summed E-state index contributed by atoms with van der Waals surface area (Å²) in [6, 6.07) is 5.95. The molecule has 1 aromatic carbocycles. The number of rotatable bonds is 3. The average Bonchev–Trinajstić information content (AvgIpc) is 3.36. The number of ether oxygens (including phenoxy) is 1. The van der Waals surface area contributed by atoms with E-state index < -0.39 is 0 Å². The molecule has 1 fully saturated rings. The van der Waals surface area contributed by atoms with Crippen LogP contribution >= 0.6 is 0 Å². The first-order valence-electron chi connectivity index (χ1n) is 10.1. The predicted molar refractivity (Wildman–Crippen MR) is 112 cm³/mol. The van der Waals surface area contributed by atoms with Gasteiger partial charge in [0.25, 0.3) is 5.91 Å². The maximum absolute atomic E-state index is 13.1. The molecule has 0 radical (unpaired) electrons. The van der Waals surface area contributed by atoms with E-state index in [9.17, 15) is 4.79 Å². The third kappa shape index (κ3) is 3.20. The van der Waals surface area contributed by atoms with E-state index in [-0.39, 0.29) is 11.5 Å². The number of aromatic nitrogens is 3. The maximum Gasteiger partial charge on any atom is 0.261 e. The molecule has 5 rings (SSSR count). The van der Waals surface area contributed by atoms with E-state index in [1.165, 1.54) is 0 Å². The molecule has 2 aromatic heterocycles. The molecule has 0 saturated carbocycles. The second-order valence-corrected chi connectivity index (χ2v) is 8.76. The number of benzene rings is 1. The van der Waals surface area contributed by atoms with Gasteiger partial charge < -0.3 is 15.0 Å². The van der Waals surface area contributed by atoms with Gasteiger partial charge in [-0.3, -0.25) is 4.79 Å². The molecule has 0 aliphatic carbocycles. The Morgan fingerprint density at radius 3 is 3.00 bits per heavy atom. The zero-order valence-corrected chi connectivity index (χ0v) is 17.0. The summed E-state index contributed by atoms with van der Waals surface area (Å²) >= 11 is 0. The van der Waals surface area contributed by atoms with Gasteiger partial charge in [-0.1, -0.05) is 6.92 Å². The first-order chi connectivity index (χ1) is 13.9. The largest absolute Gasteiger partial charge is 0.487 e. The number of nitrogens with zero attached hydrogens (tertiary/aromatic N) is 4. The minimum absolute atomic E-state index is 0.203. The lowest BCUT2D eigenvalue weighted by Crippen LogP contribution is -2.24. The summed E-state index contributed by atoms with van der Waals surface area (Å²) in [4.78, 5) is 19.7. The molecule has 0 bridgehead atoms. The van der Waals surface area contributed by atoms with Crippen LogP contribution in [-0.2, 0) is 6.42 Å². The van der Waals surface area contributed by atoms with E-state index in [0.29, 0.717) is 17.1 Å². The molecule has 1 atom stereocenters. The Morgan fingerprint density at radius 1 is 1.34 bits per heavy atom. The molecule has 29 heavy (non-hydrogen) atoms. The Hall–Kier alpha value is -3.09. The van der Waals surface area contributed by atoms with Crippen molar-refractivity contribution >= 4 is 22.9 Å². The van der Waals surface area contributed by atoms with Gasteiger partial charge in [0.15, 0.2) is 5.65 Å². The van der Waals surface area contributed by atoms with E-state index in [1.54, 1.807) is 29.2 Å². The van der Waals surface area contributed by atoms with Crippen molar-refractivity contribution in [1.82, 2.24) is 14.6 Å². The lowest BCUT2D eigenvalue weighted by atomic mass is 10.0. The minimum Gasteiger partial charge on any atom is -0.487 e. The number of nitrogens with one attached hydrogen (secondary N) is 1. The summed E-state index contributed by atoms with van der Waals surface area (Å²) in [7, 11) is 0. The van der Waals surface area contributed by atoms with Crippen LogP contribution in [0.4, 0.5) is 11.4 Å². The van der Waals surface area contributed by atoms with Crippen molar-refractivity contribution in [2.24, 2.45) is 5.92 Å².